The van der Waals surface area contributed by atoms with Crippen LogP contribution in [0.5, 0.6) is 0 Å². The molecule has 4 heteroatoms. The van der Waals surface area contributed by atoms with Crippen molar-refractivity contribution >= 4 is 5.97 Å². The van der Waals surface area contributed by atoms with E-state index in [1.807, 2.05) is 0 Å². The summed E-state index contributed by atoms with van der Waals surface area (Å²) in [5, 5.41) is 0. The molecule has 1 aliphatic heterocycles. The molecule has 0 N–H and O–H groups in total. The van der Waals surface area contributed by atoms with Gasteiger partial charge in [-0.15, -0.1) is 0 Å². The highest BCUT2D eigenvalue weighted by Crippen LogP contribution is 2.05. The first-order chi connectivity index (χ1) is 5.33. The summed E-state index contributed by atoms with van der Waals surface area (Å²) < 4.78 is 14.3. The average Bonchev–Trinajstić information content (AvgIpc) is 1.93. The summed E-state index contributed by atoms with van der Waals surface area (Å²) >= 11 is 0. The quantitative estimate of drug-likeness (QED) is 0.429. The van der Waals surface area contributed by atoms with Crippen LogP contribution in [0.15, 0.2) is 12.8 Å². The predicted molar refractivity (Wildman–Crippen MR) is 36.8 cm³/mol. The molecule has 0 aromatic rings. The first-order valence-electron chi connectivity index (χ1n) is 3.32. The number of ether oxygens (including phenoxy) is 3. The molecule has 11 heavy (non-hydrogen) atoms. The summed E-state index contributed by atoms with van der Waals surface area (Å²) in [5.41, 5.74) is 0. The van der Waals surface area contributed by atoms with Crippen LogP contribution in [0.1, 0.15) is 0 Å². The standard InChI is InChI=1S/C7H10O4/c1-2-9-5-7(8)11-6-3-10-4-6/h2,6H,1,3-5H2. The smallest absolute Gasteiger partial charge is 0.344 e. The Balaban J connectivity index is 2.04. The molecule has 0 saturated carbocycles. The minimum Gasteiger partial charge on any atom is -0.490 e. The number of hydrogen-bond acceptors (Lipinski definition) is 4. The Kier molecular flexibility index (Phi) is 2.92. The number of carbonyl (C=O) groups excluding carboxylic acids is 1. The molecule has 0 aromatic heterocycles. The lowest BCUT2D eigenvalue weighted by Crippen LogP contribution is -2.38. The Morgan fingerprint density at radius 1 is 1.73 bits per heavy atom. The first-order valence-corrected chi connectivity index (χ1v) is 3.32. The van der Waals surface area contributed by atoms with E-state index in [1.165, 1.54) is 6.26 Å². The molecule has 0 bridgehead atoms. The third-order valence-electron chi connectivity index (χ3n) is 1.22. The normalized spacial score (nSPS) is 16.7. The fraction of sp³-hybridized carbons (Fsp3) is 0.571. The van der Waals surface area contributed by atoms with Gasteiger partial charge in [-0.3, -0.25) is 0 Å². The Bertz CT molecular complexity index is 151. The van der Waals surface area contributed by atoms with E-state index in [0.717, 1.165) is 0 Å². The van der Waals surface area contributed by atoms with Crippen LogP contribution in [0, 0.1) is 0 Å². The van der Waals surface area contributed by atoms with Crippen LogP contribution < -0.4 is 0 Å². The summed E-state index contributed by atoms with van der Waals surface area (Å²) in [5.74, 6) is -0.377. The van der Waals surface area contributed by atoms with Crippen LogP contribution >= 0.6 is 0 Å². The molecule has 1 saturated heterocycles. The number of carbonyl (C=O) groups is 1. The van der Waals surface area contributed by atoms with Crippen LogP contribution in [-0.2, 0) is 19.0 Å². The van der Waals surface area contributed by atoms with Crippen molar-refractivity contribution in [2.45, 2.75) is 6.10 Å². The largest absolute Gasteiger partial charge is 0.490 e. The van der Waals surface area contributed by atoms with E-state index in [0.29, 0.717) is 13.2 Å². The molecule has 0 aliphatic carbocycles. The van der Waals surface area contributed by atoms with Crippen molar-refractivity contribution in [1.82, 2.24) is 0 Å². The van der Waals surface area contributed by atoms with E-state index in [1.54, 1.807) is 0 Å². The Hall–Kier alpha value is -1.03. The lowest BCUT2D eigenvalue weighted by atomic mass is 10.3. The molecule has 0 radical (unpaired) electrons. The van der Waals surface area contributed by atoms with E-state index in [-0.39, 0.29) is 18.7 Å². The van der Waals surface area contributed by atoms with Crippen molar-refractivity contribution in [3.05, 3.63) is 12.8 Å². The monoisotopic (exact) mass is 158 g/mol. The molecule has 1 fully saturated rings. The minimum atomic E-state index is -0.377. The SMILES string of the molecule is C=COCC(=O)OC1COC1. The maximum atomic E-state index is 10.8. The van der Waals surface area contributed by atoms with E-state index in [2.05, 4.69) is 11.3 Å². The van der Waals surface area contributed by atoms with Crippen LogP contribution in [0.4, 0.5) is 0 Å². The summed E-state index contributed by atoms with van der Waals surface area (Å²) in [6.07, 6.45) is 1.13. The zero-order chi connectivity index (χ0) is 8.10. The Morgan fingerprint density at radius 3 is 2.91 bits per heavy atom. The highest BCUT2D eigenvalue weighted by Gasteiger charge is 2.22. The molecule has 0 unspecified atom stereocenters. The van der Waals surface area contributed by atoms with Crippen molar-refractivity contribution in [1.29, 1.82) is 0 Å². The first kappa shape index (κ1) is 8.07. The van der Waals surface area contributed by atoms with Gasteiger partial charge in [-0.05, 0) is 0 Å². The second-order valence-corrected chi connectivity index (χ2v) is 2.13. The fourth-order valence-corrected chi connectivity index (χ4v) is 0.629. The van der Waals surface area contributed by atoms with Crippen molar-refractivity contribution in [2.75, 3.05) is 19.8 Å². The lowest BCUT2D eigenvalue weighted by Gasteiger charge is -2.25. The van der Waals surface area contributed by atoms with E-state index < -0.39 is 0 Å². The maximum absolute atomic E-state index is 10.8. The summed E-state index contributed by atoms with van der Waals surface area (Å²) in [7, 11) is 0. The zero-order valence-corrected chi connectivity index (χ0v) is 6.12. The second kappa shape index (κ2) is 3.98. The Morgan fingerprint density at radius 2 is 2.45 bits per heavy atom. The third-order valence-corrected chi connectivity index (χ3v) is 1.22. The minimum absolute atomic E-state index is 0.0694. The summed E-state index contributed by atoms with van der Waals surface area (Å²) in [6, 6.07) is 0. The van der Waals surface area contributed by atoms with Gasteiger partial charge in [0, 0.05) is 0 Å². The summed E-state index contributed by atoms with van der Waals surface area (Å²) in [4.78, 5) is 10.8. The molecule has 0 aromatic carbocycles. The number of rotatable bonds is 4. The van der Waals surface area contributed by atoms with Crippen LogP contribution in [0.3, 0.4) is 0 Å². The van der Waals surface area contributed by atoms with Gasteiger partial charge in [0.1, 0.15) is 6.10 Å². The molecule has 0 amide bonds. The second-order valence-electron chi connectivity index (χ2n) is 2.13. The lowest BCUT2D eigenvalue weighted by molar-refractivity contribution is -0.175. The van der Waals surface area contributed by atoms with Crippen molar-refractivity contribution < 1.29 is 19.0 Å². The molecule has 62 valence electrons. The van der Waals surface area contributed by atoms with Gasteiger partial charge in [-0.1, -0.05) is 6.58 Å². The zero-order valence-electron chi connectivity index (χ0n) is 6.12. The fourth-order valence-electron chi connectivity index (χ4n) is 0.629. The van der Waals surface area contributed by atoms with E-state index >= 15 is 0 Å². The Labute approximate surface area is 64.7 Å². The highest BCUT2D eigenvalue weighted by molar-refractivity contribution is 5.71. The van der Waals surface area contributed by atoms with Gasteiger partial charge in [0.2, 0.25) is 0 Å². The third kappa shape index (κ3) is 2.59. The van der Waals surface area contributed by atoms with Gasteiger partial charge >= 0.3 is 5.97 Å². The molecule has 0 spiro atoms. The van der Waals surface area contributed by atoms with Gasteiger partial charge in [-0.25, -0.2) is 4.79 Å². The van der Waals surface area contributed by atoms with Crippen molar-refractivity contribution in [2.24, 2.45) is 0 Å². The molecular formula is C7H10O4. The van der Waals surface area contributed by atoms with Gasteiger partial charge in [-0.2, -0.15) is 0 Å². The molecule has 1 rings (SSSR count). The average molecular weight is 158 g/mol. The molecule has 4 nitrogen and oxygen atoms in total. The highest BCUT2D eigenvalue weighted by atomic mass is 16.6. The van der Waals surface area contributed by atoms with Crippen LogP contribution in [0.25, 0.3) is 0 Å². The number of hydrogen-bond donors (Lipinski definition) is 0. The molecule has 1 aliphatic rings. The van der Waals surface area contributed by atoms with Crippen LogP contribution in [-0.4, -0.2) is 31.9 Å². The van der Waals surface area contributed by atoms with Gasteiger partial charge < -0.3 is 14.2 Å². The van der Waals surface area contributed by atoms with Crippen molar-refractivity contribution in [3.63, 3.8) is 0 Å². The predicted octanol–water partition coefficient (Wildman–Crippen LogP) is 0.0885. The molecular weight excluding hydrogens is 148 g/mol. The molecule has 1 heterocycles. The molecule has 0 atom stereocenters. The maximum Gasteiger partial charge on any atom is 0.344 e. The van der Waals surface area contributed by atoms with E-state index in [4.69, 9.17) is 9.47 Å². The van der Waals surface area contributed by atoms with Crippen molar-refractivity contribution in [3.8, 4) is 0 Å². The van der Waals surface area contributed by atoms with Crippen LogP contribution in [0.2, 0.25) is 0 Å². The van der Waals surface area contributed by atoms with Gasteiger partial charge in [0.25, 0.3) is 0 Å². The summed E-state index contributed by atoms with van der Waals surface area (Å²) in [6.45, 7) is 4.22. The van der Waals surface area contributed by atoms with E-state index in [9.17, 15) is 4.79 Å². The topological polar surface area (TPSA) is 44.8 Å². The van der Waals surface area contributed by atoms with Gasteiger partial charge in [0.05, 0.1) is 19.5 Å². The van der Waals surface area contributed by atoms with Gasteiger partial charge in [0.15, 0.2) is 6.61 Å². The number of esters is 1.